The van der Waals surface area contributed by atoms with Gasteiger partial charge in [-0.15, -0.1) is 0 Å². The molecule has 36 heavy (non-hydrogen) atoms. The maximum absolute atomic E-state index is 13.6. The Balaban J connectivity index is 1.59. The molecule has 188 valence electrons. The smallest absolute Gasteiger partial charge is 0.267 e. The van der Waals surface area contributed by atoms with Crippen LogP contribution in [0.3, 0.4) is 0 Å². The number of hydrogen-bond donors (Lipinski definition) is 1. The number of rotatable bonds is 9. The van der Waals surface area contributed by atoms with E-state index >= 15 is 0 Å². The van der Waals surface area contributed by atoms with Crippen molar-refractivity contribution in [2.75, 3.05) is 23.3 Å². The van der Waals surface area contributed by atoms with E-state index < -0.39 is 0 Å². The molecule has 1 atom stereocenters. The highest BCUT2D eigenvalue weighted by Crippen LogP contribution is 2.44. The van der Waals surface area contributed by atoms with Crippen molar-refractivity contribution in [3.63, 3.8) is 0 Å². The molecular formula is C28H31N3O3S2. The van der Waals surface area contributed by atoms with E-state index in [9.17, 15) is 14.4 Å². The summed E-state index contributed by atoms with van der Waals surface area (Å²) in [5, 5.41) is 2.86. The number of amides is 3. The molecule has 0 radical (unpaired) electrons. The number of thioether (sulfide) groups is 1. The number of thiocarbonyl (C=S) groups is 1. The Hall–Kier alpha value is -2.97. The molecule has 6 nitrogen and oxygen atoms in total. The largest absolute Gasteiger partial charge is 0.325 e. The minimum absolute atomic E-state index is 0.150. The Morgan fingerprint density at radius 3 is 2.56 bits per heavy atom. The number of fused-ring (bicyclic) bond motifs is 1. The van der Waals surface area contributed by atoms with Crippen molar-refractivity contribution in [2.24, 2.45) is 5.92 Å². The molecule has 1 fully saturated rings. The van der Waals surface area contributed by atoms with Crippen LogP contribution < -0.4 is 10.2 Å². The zero-order chi connectivity index (χ0) is 25.8. The van der Waals surface area contributed by atoms with Crippen molar-refractivity contribution in [1.29, 1.82) is 0 Å². The molecule has 0 unspecified atom stereocenters. The fourth-order valence-electron chi connectivity index (χ4n) is 4.61. The second-order valence-electron chi connectivity index (χ2n) is 9.23. The first-order chi connectivity index (χ1) is 17.3. The van der Waals surface area contributed by atoms with Crippen LogP contribution in [-0.4, -0.2) is 40.0 Å². The zero-order valence-corrected chi connectivity index (χ0v) is 22.5. The molecule has 2 aliphatic rings. The highest BCUT2D eigenvalue weighted by molar-refractivity contribution is 8.26. The van der Waals surface area contributed by atoms with E-state index in [1.54, 1.807) is 11.0 Å². The fraction of sp³-hybridized carbons (Fsp3) is 0.357. The standard InChI is InChI=1S/C28H31N3O3S2/c1-4-6-11-19(5-2)16-31-27(34)25(36-28(31)35)24-21-13-7-8-14-22(21)30(26(24)33)17-23(32)29-20-12-9-10-18(3)15-20/h7-10,12-15,19H,4-6,11,16-17H2,1-3H3,(H,29,32)/b25-24-/t19-/m1/s1. The Kier molecular flexibility index (Phi) is 8.26. The number of anilines is 2. The first-order valence-electron chi connectivity index (χ1n) is 12.4. The van der Waals surface area contributed by atoms with Gasteiger partial charge in [-0.3, -0.25) is 24.2 Å². The van der Waals surface area contributed by atoms with Crippen LogP contribution in [0.1, 0.15) is 50.7 Å². The lowest BCUT2D eigenvalue weighted by Gasteiger charge is -2.21. The van der Waals surface area contributed by atoms with Crippen molar-refractivity contribution in [3.8, 4) is 0 Å². The lowest BCUT2D eigenvalue weighted by atomic mass is 9.98. The number of carbonyl (C=O) groups excluding carboxylic acids is 3. The summed E-state index contributed by atoms with van der Waals surface area (Å²) in [6.07, 6.45) is 4.23. The minimum atomic E-state index is -0.353. The van der Waals surface area contributed by atoms with Gasteiger partial charge in [0.2, 0.25) is 5.91 Å². The highest BCUT2D eigenvalue weighted by atomic mass is 32.2. The molecule has 1 N–H and O–H groups in total. The van der Waals surface area contributed by atoms with Gasteiger partial charge in [-0.1, -0.05) is 87.4 Å². The van der Waals surface area contributed by atoms with Crippen LogP contribution in [0, 0.1) is 12.8 Å². The topological polar surface area (TPSA) is 69.7 Å². The number of benzene rings is 2. The van der Waals surface area contributed by atoms with Gasteiger partial charge in [0.05, 0.1) is 16.2 Å². The van der Waals surface area contributed by atoms with E-state index in [0.717, 1.165) is 31.2 Å². The quantitative estimate of drug-likeness (QED) is 0.335. The van der Waals surface area contributed by atoms with Gasteiger partial charge in [-0.25, -0.2) is 0 Å². The molecule has 8 heteroatoms. The van der Waals surface area contributed by atoms with Crippen molar-refractivity contribution >= 4 is 63.0 Å². The monoisotopic (exact) mass is 521 g/mol. The van der Waals surface area contributed by atoms with E-state index in [1.807, 2.05) is 49.4 Å². The average molecular weight is 522 g/mol. The van der Waals surface area contributed by atoms with E-state index in [-0.39, 0.29) is 24.3 Å². The Morgan fingerprint density at radius 1 is 1.06 bits per heavy atom. The third kappa shape index (κ3) is 5.39. The van der Waals surface area contributed by atoms with E-state index in [4.69, 9.17) is 12.2 Å². The summed E-state index contributed by atoms with van der Waals surface area (Å²) in [4.78, 5) is 43.4. The van der Waals surface area contributed by atoms with Gasteiger partial charge in [-0.05, 0) is 43.0 Å². The Labute approximate surface area is 222 Å². The average Bonchev–Trinajstić information content (AvgIpc) is 3.28. The highest BCUT2D eigenvalue weighted by Gasteiger charge is 2.42. The molecule has 2 aromatic carbocycles. The predicted molar refractivity (Wildman–Crippen MR) is 151 cm³/mol. The van der Waals surface area contributed by atoms with E-state index in [2.05, 4.69) is 19.2 Å². The molecule has 3 amide bonds. The maximum atomic E-state index is 13.6. The molecule has 0 saturated carbocycles. The summed E-state index contributed by atoms with van der Waals surface area (Å²) in [6.45, 7) is 6.66. The van der Waals surface area contributed by atoms with Gasteiger partial charge in [-0.2, -0.15) is 0 Å². The van der Waals surface area contributed by atoms with Crippen molar-refractivity contribution < 1.29 is 14.4 Å². The van der Waals surface area contributed by atoms with Crippen LogP contribution in [0.2, 0.25) is 0 Å². The number of nitrogens with one attached hydrogen (secondary N) is 1. The minimum Gasteiger partial charge on any atom is -0.325 e. The molecule has 0 aliphatic carbocycles. The van der Waals surface area contributed by atoms with Gasteiger partial charge in [0, 0.05) is 17.8 Å². The summed E-state index contributed by atoms with van der Waals surface area (Å²) in [7, 11) is 0. The Bertz CT molecular complexity index is 1240. The maximum Gasteiger partial charge on any atom is 0.267 e. The number of para-hydroxylation sites is 1. The summed E-state index contributed by atoms with van der Waals surface area (Å²) in [5.41, 5.74) is 3.31. The van der Waals surface area contributed by atoms with Crippen LogP contribution in [0.25, 0.3) is 5.57 Å². The molecule has 2 heterocycles. The second-order valence-corrected chi connectivity index (χ2v) is 10.9. The van der Waals surface area contributed by atoms with Gasteiger partial charge < -0.3 is 5.32 Å². The third-order valence-electron chi connectivity index (χ3n) is 6.59. The van der Waals surface area contributed by atoms with Crippen molar-refractivity contribution in [3.05, 3.63) is 64.6 Å². The molecule has 0 spiro atoms. The van der Waals surface area contributed by atoms with Gasteiger partial charge >= 0.3 is 0 Å². The number of nitrogens with zero attached hydrogens (tertiary/aromatic N) is 2. The summed E-state index contributed by atoms with van der Waals surface area (Å²) >= 11 is 6.76. The molecule has 4 rings (SSSR count). The number of carbonyl (C=O) groups is 3. The first kappa shape index (κ1) is 26.1. The van der Waals surface area contributed by atoms with Crippen molar-refractivity contribution in [2.45, 2.75) is 46.5 Å². The van der Waals surface area contributed by atoms with Crippen molar-refractivity contribution in [1.82, 2.24) is 4.90 Å². The third-order valence-corrected chi connectivity index (χ3v) is 8.04. The summed E-state index contributed by atoms with van der Waals surface area (Å²) in [5.74, 6) is -0.511. The Morgan fingerprint density at radius 2 is 1.83 bits per heavy atom. The van der Waals surface area contributed by atoms with Gasteiger partial charge in [0.15, 0.2) is 0 Å². The SMILES string of the molecule is CCCC[C@@H](CC)CN1C(=O)/C(=C2/C(=O)N(CC(=O)Nc3cccc(C)c3)c3ccccc32)SC1=S. The predicted octanol–water partition coefficient (Wildman–Crippen LogP) is 5.77. The molecule has 0 aromatic heterocycles. The van der Waals surface area contributed by atoms with Crippen LogP contribution in [0.5, 0.6) is 0 Å². The van der Waals surface area contributed by atoms with E-state index in [1.165, 1.54) is 16.7 Å². The molecular weight excluding hydrogens is 490 g/mol. The normalized spacial score (nSPS) is 18.1. The number of aryl methyl sites for hydroxylation is 1. The van der Waals surface area contributed by atoms with Gasteiger partial charge in [0.25, 0.3) is 11.8 Å². The fourth-order valence-corrected chi connectivity index (χ4v) is 5.95. The molecule has 1 saturated heterocycles. The number of unbranched alkanes of at least 4 members (excludes halogenated alkanes) is 1. The zero-order valence-electron chi connectivity index (χ0n) is 20.9. The van der Waals surface area contributed by atoms with Crippen LogP contribution >= 0.6 is 24.0 Å². The number of hydrogen-bond acceptors (Lipinski definition) is 5. The van der Waals surface area contributed by atoms with Crippen LogP contribution in [0.4, 0.5) is 11.4 Å². The molecule has 0 bridgehead atoms. The molecule has 2 aliphatic heterocycles. The lowest BCUT2D eigenvalue weighted by Crippen LogP contribution is -2.36. The van der Waals surface area contributed by atoms with Crippen LogP contribution in [0.15, 0.2) is 53.4 Å². The lowest BCUT2D eigenvalue weighted by molar-refractivity contribution is -0.123. The first-order valence-corrected chi connectivity index (χ1v) is 13.6. The summed E-state index contributed by atoms with van der Waals surface area (Å²) in [6, 6.07) is 14.8. The second kappa shape index (κ2) is 11.4. The van der Waals surface area contributed by atoms with Crippen LogP contribution in [-0.2, 0) is 14.4 Å². The molecule has 2 aromatic rings. The summed E-state index contributed by atoms with van der Waals surface area (Å²) < 4.78 is 0.485. The van der Waals surface area contributed by atoms with Gasteiger partial charge in [0.1, 0.15) is 10.9 Å². The van der Waals surface area contributed by atoms with E-state index in [0.29, 0.717) is 44.2 Å².